The third-order valence-corrected chi connectivity index (χ3v) is 3.20. The van der Waals surface area contributed by atoms with Crippen LogP contribution in [0.4, 0.5) is 0 Å². The molecule has 1 saturated heterocycles. The maximum atomic E-state index is 9.22. The van der Waals surface area contributed by atoms with Gasteiger partial charge in [0.2, 0.25) is 0 Å². The molecule has 72 valence electrons. The molecule has 0 aromatic carbocycles. The van der Waals surface area contributed by atoms with E-state index in [1.54, 1.807) is 0 Å². The molecule has 0 aromatic heterocycles. The van der Waals surface area contributed by atoms with E-state index in [0.29, 0.717) is 0 Å². The van der Waals surface area contributed by atoms with Crippen LogP contribution in [-0.2, 0) is 0 Å². The Morgan fingerprint density at radius 1 is 0.917 bits per heavy atom. The van der Waals surface area contributed by atoms with Gasteiger partial charge in [0.05, 0.1) is 18.0 Å². The van der Waals surface area contributed by atoms with Gasteiger partial charge in [-0.2, -0.15) is 0 Å². The summed E-state index contributed by atoms with van der Waals surface area (Å²) in [7, 11) is 0. The second kappa shape index (κ2) is 3.91. The van der Waals surface area contributed by atoms with Gasteiger partial charge in [-0.05, 0) is 0 Å². The molecule has 0 unspecified atom stereocenters. The van der Waals surface area contributed by atoms with Crippen molar-refractivity contribution in [2.24, 2.45) is 0 Å². The van der Waals surface area contributed by atoms with Crippen molar-refractivity contribution >= 4 is 11.8 Å². The first-order chi connectivity index (χ1) is 5.57. The Morgan fingerprint density at radius 3 is 2.00 bits per heavy atom. The van der Waals surface area contributed by atoms with E-state index in [1.165, 1.54) is 0 Å². The Kier molecular flexibility index (Phi) is 3.33. The van der Waals surface area contributed by atoms with Gasteiger partial charge in [0.25, 0.3) is 0 Å². The first kappa shape index (κ1) is 10.2. The van der Waals surface area contributed by atoms with Crippen molar-refractivity contribution in [3.05, 3.63) is 0 Å². The Morgan fingerprint density at radius 2 is 1.50 bits per heavy atom. The van der Waals surface area contributed by atoms with Crippen LogP contribution in [0, 0.1) is 0 Å². The molecule has 5 atom stereocenters. The molecular formula is C6H12O5S. The summed E-state index contributed by atoms with van der Waals surface area (Å²) < 4.78 is 0. The van der Waals surface area contributed by atoms with E-state index in [9.17, 15) is 5.11 Å². The molecule has 1 heterocycles. The molecule has 0 spiro atoms. The van der Waals surface area contributed by atoms with Gasteiger partial charge in [0.1, 0.15) is 17.6 Å². The Bertz CT molecular complexity index is 150. The lowest BCUT2D eigenvalue weighted by Crippen LogP contribution is -2.53. The maximum absolute atomic E-state index is 9.22. The van der Waals surface area contributed by atoms with Crippen LogP contribution >= 0.6 is 11.8 Å². The van der Waals surface area contributed by atoms with E-state index < -0.39 is 29.0 Å². The highest BCUT2D eigenvalue weighted by molar-refractivity contribution is 8.00. The minimum Gasteiger partial charge on any atom is -0.395 e. The SMILES string of the molecule is OC[C@@H]1S[C@H](O)[C@@H](O)[C@@H](O)[C@H]1O. The highest BCUT2D eigenvalue weighted by atomic mass is 32.2. The quantitative estimate of drug-likeness (QED) is 0.318. The van der Waals surface area contributed by atoms with Crippen molar-refractivity contribution < 1.29 is 25.5 Å². The van der Waals surface area contributed by atoms with Crippen molar-refractivity contribution in [1.82, 2.24) is 0 Å². The van der Waals surface area contributed by atoms with E-state index in [4.69, 9.17) is 20.4 Å². The molecule has 1 fully saturated rings. The molecule has 5 N–H and O–H groups in total. The average Bonchev–Trinajstić information content (AvgIpc) is 2.08. The normalized spacial score (nSPS) is 49.2. The summed E-state index contributed by atoms with van der Waals surface area (Å²) in [6, 6.07) is 0. The molecule has 1 aliphatic heterocycles. The van der Waals surface area contributed by atoms with Gasteiger partial charge in [0, 0.05) is 0 Å². The molecule has 0 aromatic rings. The molecule has 0 aliphatic carbocycles. The summed E-state index contributed by atoms with van der Waals surface area (Å²) >= 11 is 0.852. The van der Waals surface area contributed by atoms with Crippen LogP contribution in [0.15, 0.2) is 0 Å². The zero-order valence-electron chi connectivity index (χ0n) is 6.24. The summed E-state index contributed by atoms with van der Waals surface area (Å²) in [5, 5.41) is 44.6. The number of rotatable bonds is 1. The zero-order valence-corrected chi connectivity index (χ0v) is 7.05. The summed E-state index contributed by atoms with van der Waals surface area (Å²) in [6.07, 6.45) is -3.94. The highest BCUT2D eigenvalue weighted by Crippen LogP contribution is 2.30. The first-order valence-corrected chi connectivity index (χ1v) is 4.50. The van der Waals surface area contributed by atoms with Crippen LogP contribution in [0.3, 0.4) is 0 Å². The van der Waals surface area contributed by atoms with Gasteiger partial charge in [-0.3, -0.25) is 0 Å². The number of hydrogen-bond acceptors (Lipinski definition) is 6. The topological polar surface area (TPSA) is 101 Å². The third kappa shape index (κ3) is 1.73. The molecule has 0 bridgehead atoms. The van der Waals surface area contributed by atoms with E-state index in [1.807, 2.05) is 0 Å². The van der Waals surface area contributed by atoms with Crippen molar-refractivity contribution in [1.29, 1.82) is 0 Å². The van der Waals surface area contributed by atoms with Gasteiger partial charge in [0.15, 0.2) is 0 Å². The molecule has 6 heteroatoms. The van der Waals surface area contributed by atoms with Gasteiger partial charge in [-0.1, -0.05) is 0 Å². The minimum absolute atomic E-state index is 0.341. The minimum atomic E-state index is -1.39. The predicted molar refractivity (Wildman–Crippen MR) is 42.5 cm³/mol. The second-order valence-electron chi connectivity index (χ2n) is 2.72. The van der Waals surface area contributed by atoms with Crippen molar-refractivity contribution in [3.8, 4) is 0 Å². The fourth-order valence-electron chi connectivity index (χ4n) is 1.08. The van der Waals surface area contributed by atoms with Crippen molar-refractivity contribution in [2.75, 3.05) is 6.61 Å². The Balaban J connectivity index is 2.63. The first-order valence-electron chi connectivity index (χ1n) is 3.56. The standard InChI is InChI=1S/C6H12O5S/c7-1-2-3(8)4(9)5(10)6(11)12-2/h2-11H,1H2/t2-,3-,4-,5-,6-/m0/s1. The highest BCUT2D eigenvalue weighted by Gasteiger charge is 2.42. The lowest BCUT2D eigenvalue weighted by molar-refractivity contribution is -0.0953. The monoisotopic (exact) mass is 196 g/mol. The van der Waals surface area contributed by atoms with Gasteiger partial charge < -0.3 is 25.5 Å². The van der Waals surface area contributed by atoms with E-state index in [2.05, 4.69) is 0 Å². The van der Waals surface area contributed by atoms with Crippen molar-refractivity contribution in [2.45, 2.75) is 29.0 Å². The van der Waals surface area contributed by atoms with Crippen LogP contribution in [0.2, 0.25) is 0 Å². The molecule has 0 amide bonds. The summed E-state index contributed by atoms with van der Waals surface area (Å²) in [4.78, 5) is 0. The maximum Gasteiger partial charge on any atom is 0.128 e. The smallest absolute Gasteiger partial charge is 0.128 e. The van der Waals surface area contributed by atoms with Crippen LogP contribution < -0.4 is 0 Å². The predicted octanol–water partition coefficient (Wildman–Crippen LogP) is -2.50. The fraction of sp³-hybridized carbons (Fsp3) is 1.00. The Hall–Kier alpha value is 0.150. The zero-order chi connectivity index (χ0) is 9.30. The lowest BCUT2D eigenvalue weighted by Gasteiger charge is -2.36. The molecule has 5 nitrogen and oxygen atoms in total. The largest absolute Gasteiger partial charge is 0.395 e. The number of aliphatic hydroxyl groups is 5. The Labute approximate surface area is 73.7 Å². The number of aliphatic hydroxyl groups excluding tert-OH is 5. The van der Waals surface area contributed by atoms with Crippen molar-refractivity contribution in [3.63, 3.8) is 0 Å². The summed E-state index contributed by atoms with van der Waals surface area (Å²) in [5.41, 5.74) is -1.15. The fourth-order valence-corrected chi connectivity index (χ4v) is 2.17. The van der Waals surface area contributed by atoms with E-state index in [0.717, 1.165) is 11.8 Å². The van der Waals surface area contributed by atoms with Gasteiger partial charge >= 0.3 is 0 Å². The number of thioether (sulfide) groups is 1. The summed E-state index contributed by atoms with van der Waals surface area (Å²) in [6.45, 7) is -0.341. The number of hydrogen-bond donors (Lipinski definition) is 5. The van der Waals surface area contributed by atoms with Gasteiger partial charge in [-0.15, -0.1) is 11.8 Å². The lowest BCUT2D eigenvalue weighted by atomic mass is 10.0. The van der Waals surface area contributed by atoms with Crippen LogP contribution in [0.25, 0.3) is 0 Å². The molecule has 1 rings (SSSR count). The molecule has 0 radical (unpaired) electrons. The molecule has 1 aliphatic rings. The van der Waals surface area contributed by atoms with Crippen LogP contribution in [-0.4, -0.2) is 61.1 Å². The molecule has 0 saturated carbocycles. The summed E-state index contributed by atoms with van der Waals surface area (Å²) in [5.74, 6) is 0. The average molecular weight is 196 g/mol. The molecular weight excluding hydrogens is 184 g/mol. The van der Waals surface area contributed by atoms with Gasteiger partial charge in [-0.25, -0.2) is 0 Å². The second-order valence-corrected chi connectivity index (χ2v) is 4.08. The van der Waals surface area contributed by atoms with Crippen LogP contribution in [0.1, 0.15) is 0 Å². The van der Waals surface area contributed by atoms with E-state index >= 15 is 0 Å². The van der Waals surface area contributed by atoms with E-state index in [-0.39, 0.29) is 6.61 Å². The van der Waals surface area contributed by atoms with Crippen LogP contribution in [0.5, 0.6) is 0 Å². The third-order valence-electron chi connectivity index (χ3n) is 1.87. The molecule has 12 heavy (non-hydrogen) atoms.